The Morgan fingerprint density at radius 3 is 2.44 bits per heavy atom. The van der Waals surface area contributed by atoms with Crippen molar-refractivity contribution < 1.29 is 32.2 Å². The molecule has 11 heteroatoms. The minimum Gasteiger partial charge on any atom is -0.469 e. The minimum atomic E-state index is -4.86. The molecule has 3 aromatic rings. The molecule has 8 nitrogen and oxygen atoms in total. The maximum atomic E-state index is 13.2. The second kappa shape index (κ2) is 11.6. The maximum Gasteiger partial charge on any atom is 0.573 e. The highest BCUT2D eigenvalue weighted by Crippen LogP contribution is 2.39. The van der Waals surface area contributed by atoms with E-state index in [2.05, 4.69) is 14.6 Å². The van der Waals surface area contributed by atoms with Gasteiger partial charge in [-0.05, 0) is 36.5 Å². The summed E-state index contributed by atoms with van der Waals surface area (Å²) in [4.78, 5) is 35.2. The van der Waals surface area contributed by atoms with Crippen molar-refractivity contribution in [3.8, 4) is 5.75 Å². The van der Waals surface area contributed by atoms with Crippen LogP contribution in [0.1, 0.15) is 29.7 Å². The summed E-state index contributed by atoms with van der Waals surface area (Å²) in [6.07, 6.45) is -1.02. The Morgan fingerprint density at radius 2 is 1.79 bits per heavy atom. The van der Waals surface area contributed by atoms with E-state index in [-0.39, 0.29) is 56.0 Å². The lowest BCUT2D eigenvalue weighted by Crippen LogP contribution is -2.48. The van der Waals surface area contributed by atoms with Crippen LogP contribution in [0, 0.1) is 12.0 Å². The van der Waals surface area contributed by atoms with E-state index >= 15 is 0 Å². The zero-order valence-electron chi connectivity index (χ0n) is 21.3. The van der Waals surface area contributed by atoms with Crippen LogP contribution in [0.3, 0.4) is 0 Å². The highest BCUT2D eigenvalue weighted by atomic mass is 19.4. The Balaban J connectivity index is 1.43. The highest BCUT2D eigenvalue weighted by Gasteiger charge is 2.44. The van der Waals surface area contributed by atoms with Crippen molar-refractivity contribution in [2.75, 3.05) is 20.2 Å². The van der Waals surface area contributed by atoms with Crippen LogP contribution in [0.2, 0.25) is 0 Å². The van der Waals surface area contributed by atoms with Gasteiger partial charge in [-0.2, -0.15) is 0 Å². The quantitative estimate of drug-likeness (QED) is 0.299. The zero-order chi connectivity index (χ0) is 28.0. The number of imidazole rings is 1. The van der Waals surface area contributed by atoms with Gasteiger partial charge in [-0.3, -0.25) is 9.59 Å². The van der Waals surface area contributed by atoms with Gasteiger partial charge in [0.05, 0.1) is 31.8 Å². The maximum absolute atomic E-state index is 13.2. The van der Waals surface area contributed by atoms with Gasteiger partial charge in [0.2, 0.25) is 5.91 Å². The molecular weight excluding hydrogens is 513 g/mol. The van der Waals surface area contributed by atoms with Gasteiger partial charge in [0.1, 0.15) is 5.75 Å². The van der Waals surface area contributed by atoms with Crippen LogP contribution in [0.25, 0.3) is 4.85 Å². The van der Waals surface area contributed by atoms with Crippen LogP contribution in [-0.4, -0.2) is 52.9 Å². The van der Waals surface area contributed by atoms with E-state index in [1.165, 1.54) is 25.3 Å². The number of ether oxygens (including phenoxy) is 2. The molecule has 0 spiro atoms. The number of piperidine rings is 1. The van der Waals surface area contributed by atoms with Gasteiger partial charge in [-0.25, -0.2) is 9.83 Å². The number of methoxy groups -OCH3 is 1. The Hall–Kier alpha value is -4.33. The van der Waals surface area contributed by atoms with Gasteiger partial charge in [0.25, 0.3) is 0 Å². The predicted octanol–water partition coefficient (Wildman–Crippen LogP) is 4.95. The molecule has 0 N–H and O–H groups in total. The number of likely N-dealkylation sites (tertiary alicyclic amines) is 1. The standard InChI is InChI=1S/C28H27F3N4O4/c1-32-22-9-7-20(8-10-22)18-35-19-33-17-23(35)15-25(36)34-13-11-27(12-14-34,26(37)38-2)16-21-5-3-4-6-24(21)39-28(29,30)31/h3-10,17,19H,11-16,18H2,2H3. The molecule has 204 valence electrons. The Labute approximate surface area is 223 Å². The summed E-state index contributed by atoms with van der Waals surface area (Å²) in [5.74, 6) is -1.03. The Bertz CT molecular complexity index is 1350. The number of amides is 1. The average molecular weight is 541 g/mol. The van der Waals surface area contributed by atoms with Gasteiger partial charge in [0, 0.05) is 31.5 Å². The highest BCUT2D eigenvalue weighted by molar-refractivity contribution is 5.80. The van der Waals surface area contributed by atoms with Gasteiger partial charge in [-0.1, -0.05) is 42.5 Å². The number of benzene rings is 2. The lowest BCUT2D eigenvalue weighted by Gasteiger charge is -2.40. The Kier molecular flexibility index (Phi) is 8.24. The van der Waals surface area contributed by atoms with Crippen LogP contribution in [0.4, 0.5) is 18.9 Å². The van der Waals surface area contributed by atoms with Crippen LogP contribution >= 0.6 is 0 Å². The first kappa shape index (κ1) is 27.7. The van der Waals surface area contributed by atoms with Crippen molar-refractivity contribution in [2.24, 2.45) is 5.41 Å². The summed E-state index contributed by atoms with van der Waals surface area (Å²) >= 11 is 0. The molecule has 0 atom stereocenters. The molecule has 4 rings (SSSR count). The molecule has 0 aliphatic carbocycles. The van der Waals surface area contributed by atoms with Gasteiger partial charge in [0.15, 0.2) is 5.69 Å². The van der Waals surface area contributed by atoms with E-state index < -0.39 is 17.7 Å². The van der Waals surface area contributed by atoms with Crippen LogP contribution in [0.15, 0.2) is 61.1 Å². The van der Waals surface area contributed by atoms with Crippen molar-refractivity contribution in [1.82, 2.24) is 14.5 Å². The number of halogens is 3. The third-order valence-electron chi connectivity index (χ3n) is 6.97. The summed E-state index contributed by atoms with van der Waals surface area (Å²) < 4.78 is 49.9. The lowest BCUT2D eigenvalue weighted by atomic mass is 9.73. The van der Waals surface area contributed by atoms with Crippen molar-refractivity contribution >= 4 is 17.6 Å². The number of esters is 1. The Morgan fingerprint density at radius 1 is 1.10 bits per heavy atom. The molecule has 1 amide bonds. The van der Waals surface area contributed by atoms with E-state index in [4.69, 9.17) is 11.3 Å². The fourth-order valence-electron chi connectivity index (χ4n) is 4.87. The van der Waals surface area contributed by atoms with E-state index in [9.17, 15) is 22.8 Å². The number of nitrogens with zero attached hydrogens (tertiary/aromatic N) is 4. The minimum absolute atomic E-state index is 0.00693. The third kappa shape index (κ3) is 6.76. The molecule has 2 aromatic carbocycles. The first-order valence-electron chi connectivity index (χ1n) is 12.3. The van der Waals surface area contributed by atoms with E-state index in [1.54, 1.807) is 35.6 Å². The fraction of sp³-hybridized carbons (Fsp3) is 0.357. The number of alkyl halides is 3. The second-order valence-corrected chi connectivity index (χ2v) is 9.45. The number of carbonyl (C=O) groups is 2. The summed E-state index contributed by atoms with van der Waals surface area (Å²) in [5.41, 5.74) is 1.38. The van der Waals surface area contributed by atoms with Gasteiger partial charge < -0.3 is 18.9 Å². The topological polar surface area (TPSA) is 78.0 Å². The lowest BCUT2D eigenvalue weighted by molar-refractivity contribution is -0.275. The molecule has 2 heterocycles. The molecule has 1 aromatic heterocycles. The summed E-state index contributed by atoms with van der Waals surface area (Å²) in [6, 6.07) is 12.9. The van der Waals surface area contributed by atoms with Crippen LogP contribution in [-0.2, 0) is 33.7 Å². The number of aromatic nitrogens is 2. The monoisotopic (exact) mass is 540 g/mol. The molecule has 1 aliphatic heterocycles. The van der Waals surface area contributed by atoms with Crippen LogP contribution < -0.4 is 4.74 Å². The SMILES string of the molecule is [C-]#[N+]c1ccc(Cn2cncc2CC(=O)N2CCC(Cc3ccccc3OC(F)(F)F)(C(=O)OC)CC2)cc1. The van der Waals surface area contributed by atoms with Crippen molar-refractivity contribution in [3.05, 3.63) is 89.3 Å². The molecule has 1 saturated heterocycles. The smallest absolute Gasteiger partial charge is 0.469 e. The number of hydrogen-bond acceptors (Lipinski definition) is 5. The third-order valence-corrected chi connectivity index (χ3v) is 6.97. The predicted molar refractivity (Wildman–Crippen MR) is 135 cm³/mol. The molecule has 39 heavy (non-hydrogen) atoms. The van der Waals surface area contributed by atoms with E-state index in [0.717, 1.165) is 11.3 Å². The summed E-state index contributed by atoms with van der Waals surface area (Å²) in [6.45, 7) is 8.07. The van der Waals surface area contributed by atoms with Gasteiger partial charge >= 0.3 is 12.3 Å². The first-order chi connectivity index (χ1) is 18.6. The number of hydrogen-bond donors (Lipinski definition) is 0. The van der Waals surface area contributed by atoms with Crippen molar-refractivity contribution in [1.29, 1.82) is 0 Å². The van der Waals surface area contributed by atoms with Crippen molar-refractivity contribution in [2.45, 2.75) is 38.6 Å². The van der Waals surface area contributed by atoms with E-state index in [0.29, 0.717) is 12.2 Å². The first-order valence-corrected chi connectivity index (χ1v) is 12.3. The average Bonchev–Trinajstić information content (AvgIpc) is 3.35. The normalized spacial score (nSPS) is 14.9. The zero-order valence-corrected chi connectivity index (χ0v) is 21.3. The summed E-state index contributed by atoms with van der Waals surface area (Å²) in [5, 5.41) is 0. The molecule has 1 aliphatic rings. The molecule has 0 unspecified atom stereocenters. The summed E-state index contributed by atoms with van der Waals surface area (Å²) in [7, 11) is 1.25. The molecule has 0 radical (unpaired) electrons. The van der Waals surface area contributed by atoms with E-state index in [1.807, 2.05) is 16.7 Å². The molecule has 0 saturated carbocycles. The largest absolute Gasteiger partial charge is 0.573 e. The molecular formula is C28H27F3N4O4. The number of para-hydroxylation sites is 1. The number of rotatable bonds is 8. The van der Waals surface area contributed by atoms with Crippen LogP contribution in [0.5, 0.6) is 5.75 Å². The second-order valence-electron chi connectivity index (χ2n) is 9.45. The molecule has 0 bridgehead atoms. The van der Waals surface area contributed by atoms with Crippen molar-refractivity contribution in [3.63, 3.8) is 0 Å². The number of carbonyl (C=O) groups excluding carboxylic acids is 2. The molecule has 1 fully saturated rings. The fourth-order valence-corrected chi connectivity index (χ4v) is 4.87. The van der Waals surface area contributed by atoms with Gasteiger partial charge in [-0.15, -0.1) is 13.2 Å².